The lowest BCUT2D eigenvalue weighted by atomic mass is 10.1. The summed E-state index contributed by atoms with van der Waals surface area (Å²) in [6.45, 7) is 4.57. The van der Waals surface area contributed by atoms with Gasteiger partial charge in [-0.25, -0.2) is 13.6 Å². The summed E-state index contributed by atoms with van der Waals surface area (Å²) >= 11 is 0. The van der Waals surface area contributed by atoms with Crippen molar-refractivity contribution in [2.24, 2.45) is 5.14 Å². The molecule has 0 radical (unpaired) electrons. The van der Waals surface area contributed by atoms with Crippen molar-refractivity contribution in [3.8, 4) is 0 Å². The molecular formula is C11H20N4O3S. The van der Waals surface area contributed by atoms with Gasteiger partial charge in [0.15, 0.2) is 0 Å². The van der Waals surface area contributed by atoms with Gasteiger partial charge in [0.2, 0.25) is 0 Å². The van der Waals surface area contributed by atoms with Crippen molar-refractivity contribution < 1.29 is 13.2 Å². The molecule has 1 fully saturated rings. The summed E-state index contributed by atoms with van der Waals surface area (Å²) in [5, 5.41) is 12.7. The van der Waals surface area contributed by atoms with Gasteiger partial charge in [-0.3, -0.25) is 4.57 Å². The van der Waals surface area contributed by atoms with Crippen molar-refractivity contribution in [2.75, 3.05) is 6.61 Å². The van der Waals surface area contributed by atoms with Crippen LogP contribution in [0.4, 0.5) is 0 Å². The van der Waals surface area contributed by atoms with Gasteiger partial charge in [-0.2, -0.15) is 0 Å². The number of hydrogen-bond donors (Lipinski definition) is 1. The zero-order valence-corrected chi connectivity index (χ0v) is 12.1. The molecule has 1 atom stereocenters. The molecule has 1 saturated heterocycles. The van der Waals surface area contributed by atoms with E-state index in [2.05, 4.69) is 10.2 Å². The quantitative estimate of drug-likeness (QED) is 0.856. The van der Waals surface area contributed by atoms with Gasteiger partial charge in [0, 0.05) is 19.1 Å². The minimum absolute atomic E-state index is 0.0529. The Balaban J connectivity index is 2.18. The number of ether oxygens (including phenoxy) is 1. The highest BCUT2D eigenvalue weighted by Crippen LogP contribution is 2.20. The van der Waals surface area contributed by atoms with E-state index in [1.807, 2.05) is 13.8 Å². The fourth-order valence-corrected chi connectivity index (χ4v) is 3.10. The Kier molecular flexibility index (Phi) is 4.22. The third kappa shape index (κ3) is 3.31. The van der Waals surface area contributed by atoms with Gasteiger partial charge in [0.05, 0.1) is 6.10 Å². The topological polar surface area (TPSA) is 100 Å². The van der Waals surface area contributed by atoms with Crippen LogP contribution in [0.2, 0.25) is 0 Å². The van der Waals surface area contributed by atoms with Gasteiger partial charge in [-0.15, -0.1) is 10.2 Å². The number of sulfonamides is 1. The highest BCUT2D eigenvalue weighted by molar-refractivity contribution is 7.89. The van der Waals surface area contributed by atoms with E-state index in [0.29, 0.717) is 12.2 Å². The summed E-state index contributed by atoms with van der Waals surface area (Å²) < 4.78 is 30.1. The average molecular weight is 288 g/mol. The van der Waals surface area contributed by atoms with E-state index in [9.17, 15) is 8.42 Å². The first-order valence-electron chi connectivity index (χ1n) is 6.47. The normalized spacial score (nSPS) is 20.3. The molecule has 7 nitrogen and oxygen atoms in total. The van der Waals surface area contributed by atoms with Crippen LogP contribution in [0, 0.1) is 0 Å². The van der Waals surface area contributed by atoms with Crippen molar-refractivity contribution in [3.05, 3.63) is 5.82 Å². The number of nitrogens with zero attached hydrogens (tertiary/aromatic N) is 3. The van der Waals surface area contributed by atoms with Crippen molar-refractivity contribution in [1.82, 2.24) is 14.8 Å². The second kappa shape index (κ2) is 5.56. The van der Waals surface area contributed by atoms with Crippen molar-refractivity contribution in [2.45, 2.75) is 56.8 Å². The number of nitrogens with two attached hydrogens (primary N) is 1. The molecule has 1 unspecified atom stereocenters. The van der Waals surface area contributed by atoms with Crippen LogP contribution in [0.25, 0.3) is 0 Å². The number of hydrogen-bond acceptors (Lipinski definition) is 5. The Morgan fingerprint density at radius 2 is 2.21 bits per heavy atom. The van der Waals surface area contributed by atoms with E-state index in [1.165, 1.54) is 0 Å². The lowest BCUT2D eigenvalue weighted by Gasteiger charge is -2.14. The van der Waals surface area contributed by atoms with E-state index < -0.39 is 10.0 Å². The highest BCUT2D eigenvalue weighted by atomic mass is 32.2. The van der Waals surface area contributed by atoms with Crippen molar-refractivity contribution >= 4 is 10.0 Å². The molecule has 0 saturated carbocycles. The summed E-state index contributed by atoms with van der Waals surface area (Å²) in [7, 11) is -3.84. The molecule has 2 heterocycles. The van der Waals surface area contributed by atoms with Crippen LogP contribution in [0.5, 0.6) is 0 Å². The van der Waals surface area contributed by atoms with Crippen LogP contribution >= 0.6 is 0 Å². The summed E-state index contributed by atoms with van der Waals surface area (Å²) in [5.74, 6) is 0.648. The molecule has 2 N–H and O–H groups in total. The van der Waals surface area contributed by atoms with Crippen LogP contribution in [-0.4, -0.2) is 35.9 Å². The molecule has 108 valence electrons. The molecular weight excluding hydrogens is 268 g/mol. The van der Waals surface area contributed by atoms with Gasteiger partial charge >= 0.3 is 0 Å². The molecule has 2 rings (SSSR count). The van der Waals surface area contributed by atoms with E-state index in [-0.39, 0.29) is 17.3 Å². The third-order valence-corrected chi connectivity index (χ3v) is 4.01. The van der Waals surface area contributed by atoms with Gasteiger partial charge in [-0.05, 0) is 33.1 Å². The van der Waals surface area contributed by atoms with Crippen LogP contribution in [0.3, 0.4) is 0 Å². The molecule has 1 aromatic heterocycles. The van der Waals surface area contributed by atoms with E-state index in [4.69, 9.17) is 9.88 Å². The monoisotopic (exact) mass is 288 g/mol. The standard InChI is InChI=1S/C11H20N4O3S/c1-8(2)15-10(6-5-9-4-3-7-18-9)13-14-11(15)19(12,16)17/h8-9H,3-7H2,1-2H3,(H2,12,16,17). The fourth-order valence-electron chi connectivity index (χ4n) is 2.35. The second-order valence-corrected chi connectivity index (χ2v) is 6.54. The molecule has 0 amide bonds. The van der Waals surface area contributed by atoms with E-state index in [1.54, 1.807) is 4.57 Å². The minimum atomic E-state index is -3.84. The Morgan fingerprint density at radius 3 is 2.74 bits per heavy atom. The first-order valence-corrected chi connectivity index (χ1v) is 8.02. The summed E-state index contributed by atoms with van der Waals surface area (Å²) in [6.07, 6.45) is 3.86. The predicted octanol–water partition coefficient (Wildman–Crippen LogP) is 0.618. The third-order valence-electron chi connectivity index (χ3n) is 3.22. The number of aromatic nitrogens is 3. The SMILES string of the molecule is CC(C)n1c(CCC2CCCO2)nnc1S(N)(=O)=O. The number of aryl methyl sites for hydroxylation is 1. The van der Waals surface area contributed by atoms with Crippen LogP contribution in [0.15, 0.2) is 5.16 Å². The highest BCUT2D eigenvalue weighted by Gasteiger charge is 2.24. The van der Waals surface area contributed by atoms with E-state index in [0.717, 1.165) is 25.9 Å². The molecule has 19 heavy (non-hydrogen) atoms. The smallest absolute Gasteiger partial charge is 0.273 e. The lowest BCUT2D eigenvalue weighted by Crippen LogP contribution is -2.21. The summed E-state index contributed by atoms with van der Waals surface area (Å²) in [4.78, 5) is 0. The Bertz CT molecular complexity index is 532. The zero-order valence-electron chi connectivity index (χ0n) is 11.2. The first-order chi connectivity index (χ1) is 8.89. The van der Waals surface area contributed by atoms with Gasteiger partial charge in [0.1, 0.15) is 5.82 Å². The average Bonchev–Trinajstić information content (AvgIpc) is 2.94. The minimum Gasteiger partial charge on any atom is -0.378 e. The van der Waals surface area contributed by atoms with Crippen molar-refractivity contribution in [3.63, 3.8) is 0 Å². The molecule has 0 aromatic carbocycles. The molecule has 0 bridgehead atoms. The molecule has 8 heteroatoms. The Hall–Kier alpha value is -0.990. The van der Waals surface area contributed by atoms with Gasteiger partial charge < -0.3 is 4.74 Å². The maximum absolute atomic E-state index is 11.5. The zero-order chi connectivity index (χ0) is 14.0. The van der Waals surface area contributed by atoms with Gasteiger partial charge in [-0.1, -0.05) is 0 Å². The molecule has 1 aliphatic heterocycles. The van der Waals surface area contributed by atoms with Crippen LogP contribution < -0.4 is 5.14 Å². The maximum Gasteiger partial charge on any atom is 0.273 e. The Morgan fingerprint density at radius 1 is 1.47 bits per heavy atom. The maximum atomic E-state index is 11.5. The molecule has 0 aliphatic carbocycles. The molecule has 1 aliphatic rings. The predicted molar refractivity (Wildman–Crippen MR) is 69.1 cm³/mol. The molecule has 0 spiro atoms. The summed E-state index contributed by atoms with van der Waals surface area (Å²) in [6, 6.07) is -0.0529. The fraction of sp³-hybridized carbons (Fsp3) is 0.818. The number of primary sulfonamides is 1. The van der Waals surface area contributed by atoms with E-state index >= 15 is 0 Å². The largest absolute Gasteiger partial charge is 0.378 e. The second-order valence-electron chi connectivity index (χ2n) is 5.08. The number of rotatable bonds is 5. The van der Waals surface area contributed by atoms with Gasteiger partial charge in [0.25, 0.3) is 15.2 Å². The van der Waals surface area contributed by atoms with Crippen LogP contribution in [0.1, 0.15) is 45.0 Å². The van der Waals surface area contributed by atoms with Crippen molar-refractivity contribution in [1.29, 1.82) is 0 Å². The summed E-state index contributed by atoms with van der Waals surface area (Å²) in [5.41, 5.74) is 0. The lowest BCUT2D eigenvalue weighted by molar-refractivity contribution is 0.104. The van der Waals surface area contributed by atoms with Crippen LogP contribution in [-0.2, 0) is 21.2 Å². The first kappa shape index (κ1) is 14.4. The molecule has 1 aromatic rings. The Labute approximate surface area is 113 Å².